The van der Waals surface area contributed by atoms with Gasteiger partial charge in [0.25, 0.3) is 0 Å². The zero-order chi connectivity index (χ0) is 10.1. The minimum atomic E-state index is 0.164. The second-order valence-corrected chi connectivity index (χ2v) is 4.14. The predicted octanol–water partition coefficient (Wildman–Crippen LogP) is -0.200. The van der Waals surface area contributed by atoms with Crippen molar-refractivity contribution in [1.82, 2.24) is 4.90 Å². The lowest BCUT2D eigenvalue weighted by Gasteiger charge is -2.33. The molecule has 0 aromatic rings. The van der Waals surface area contributed by atoms with Gasteiger partial charge in [-0.15, -0.1) is 0 Å². The highest BCUT2D eigenvalue weighted by Crippen LogP contribution is 2.35. The number of piperidine rings is 1. The van der Waals surface area contributed by atoms with Crippen molar-refractivity contribution in [2.24, 2.45) is 0 Å². The van der Waals surface area contributed by atoms with Crippen LogP contribution >= 0.6 is 0 Å². The van der Waals surface area contributed by atoms with E-state index in [4.69, 9.17) is 9.84 Å². The van der Waals surface area contributed by atoms with Gasteiger partial charge in [-0.1, -0.05) is 0 Å². The van der Waals surface area contributed by atoms with E-state index < -0.39 is 0 Å². The first kappa shape index (κ1) is 10.1. The zero-order valence-electron chi connectivity index (χ0n) is 8.48. The molecule has 4 nitrogen and oxygen atoms in total. The van der Waals surface area contributed by atoms with E-state index in [9.17, 15) is 4.79 Å². The molecule has 0 aliphatic carbocycles. The summed E-state index contributed by atoms with van der Waals surface area (Å²) in [5.74, 6) is 0.341. The average Bonchev–Trinajstić information content (AvgIpc) is 2.39. The number of aliphatic hydroxyl groups is 1. The molecule has 2 bridgehead atoms. The lowest BCUT2D eigenvalue weighted by molar-refractivity contribution is -0.124. The van der Waals surface area contributed by atoms with Crippen LogP contribution in [0.4, 0.5) is 0 Å². The van der Waals surface area contributed by atoms with Crippen molar-refractivity contribution >= 4 is 5.78 Å². The summed E-state index contributed by atoms with van der Waals surface area (Å²) in [6, 6.07) is 0.511. The molecule has 2 aliphatic rings. The maximum atomic E-state index is 11.4. The van der Waals surface area contributed by atoms with Crippen molar-refractivity contribution in [2.45, 2.75) is 37.5 Å². The molecule has 2 saturated heterocycles. The van der Waals surface area contributed by atoms with Crippen LogP contribution in [0.1, 0.15) is 19.3 Å². The Morgan fingerprint density at radius 1 is 1.57 bits per heavy atom. The largest absolute Gasteiger partial charge is 0.395 e. The number of methoxy groups -OCH3 is 1. The third-order valence-electron chi connectivity index (χ3n) is 3.39. The number of rotatable bonds is 3. The Balaban J connectivity index is 2.10. The molecular formula is C10H17NO3. The third-order valence-corrected chi connectivity index (χ3v) is 3.39. The molecule has 2 rings (SSSR count). The van der Waals surface area contributed by atoms with Crippen molar-refractivity contribution in [1.29, 1.82) is 0 Å². The van der Waals surface area contributed by atoms with Crippen LogP contribution in [0.3, 0.4) is 0 Å². The van der Waals surface area contributed by atoms with Crippen LogP contribution in [0.15, 0.2) is 0 Å². The quantitative estimate of drug-likeness (QED) is 0.684. The maximum Gasteiger partial charge on any atom is 0.136 e. The number of fused-ring (bicyclic) bond motifs is 2. The number of ketones is 1. The van der Waals surface area contributed by atoms with Gasteiger partial charge in [-0.05, 0) is 6.42 Å². The van der Waals surface area contributed by atoms with E-state index in [1.807, 2.05) is 0 Å². The number of ether oxygens (including phenoxy) is 1. The molecule has 0 amide bonds. The Morgan fingerprint density at radius 3 is 3.00 bits per heavy atom. The summed E-state index contributed by atoms with van der Waals surface area (Å²) in [6.07, 6.45) is 2.34. The molecule has 0 saturated carbocycles. The highest BCUT2D eigenvalue weighted by Gasteiger charge is 2.46. The van der Waals surface area contributed by atoms with Crippen LogP contribution in [-0.2, 0) is 9.53 Å². The van der Waals surface area contributed by atoms with Crippen molar-refractivity contribution < 1.29 is 14.6 Å². The molecule has 2 fully saturated rings. The number of aliphatic hydroxyl groups excluding tert-OH is 1. The number of Topliss-reactive ketones (excluding diaryl/α,β-unsaturated/α-hetero) is 1. The third kappa shape index (κ3) is 1.58. The Hall–Kier alpha value is -0.450. The highest BCUT2D eigenvalue weighted by molar-refractivity contribution is 5.81. The van der Waals surface area contributed by atoms with Gasteiger partial charge in [0.2, 0.25) is 0 Å². The lowest BCUT2D eigenvalue weighted by atomic mass is 10.0. The predicted molar refractivity (Wildman–Crippen MR) is 51.0 cm³/mol. The molecular weight excluding hydrogens is 182 g/mol. The number of carbonyl (C=O) groups excluding carboxylic acids is 1. The van der Waals surface area contributed by atoms with Gasteiger partial charge in [-0.25, -0.2) is 0 Å². The SMILES string of the molecule is COC1CC2CC(=O)CC1N2CCO. The van der Waals surface area contributed by atoms with Crippen molar-refractivity contribution in [2.75, 3.05) is 20.3 Å². The van der Waals surface area contributed by atoms with Gasteiger partial charge in [-0.3, -0.25) is 9.69 Å². The lowest BCUT2D eigenvalue weighted by Crippen LogP contribution is -2.46. The van der Waals surface area contributed by atoms with Crippen molar-refractivity contribution in [3.63, 3.8) is 0 Å². The van der Waals surface area contributed by atoms with Gasteiger partial charge in [-0.2, -0.15) is 0 Å². The molecule has 0 spiro atoms. The molecule has 0 aromatic heterocycles. The fraction of sp³-hybridized carbons (Fsp3) is 0.900. The fourth-order valence-electron chi connectivity index (χ4n) is 2.79. The summed E-state index contributed by atoms with van der Waals surface area (Å²) in [6.45, 7) is 0.833. The van der Waals surface area contributed by atoms with Gasteiger partial charge in [0.15, 0.2) is 0 Å². The van der Waals surface area contributed by atoms with Crippen molar-refractivity contribution in [3.8, 4) is 0 Å². The Labute approximate surface area is 83.8 Å². The van der Waals surface area contributed by atoms with Gasteiger partial charge in [0.1, 0.15) is 5.78 Å². The average molecular weight is 199 g/mol. The summed E-state index contributed by atoms with van der Waals surface area (Å²) in [5.41, 5.74) is 0. The number of carbonyl (C=O) groups is 1. The van der Waals surface area contributed by atoms with E-state index in [0.29, 0.717) is 31.2 Å². The topological polar surface area (TPSA) is 49.8 Å². The van der Waals surface area contributed by atoms with E-state index in [-0.39, 0.29) is 18.8 Å². The number of hydrogen-bond donors (Lipinski definition) is 1. The van der Waals surface area contributed by atoms with Crippen LogP contribution in [0.5, 0.6) is 0 Å². The summed E-state index contributed by atoms with van der Waals surface area (Å²) in [7, 11) is 1.70. The summed E-state index contributed by atoms with van der Waals surface area (Å²) >= 11 is 0. The highest BCUT2D eigenvalue weighted by atomic mass is 16.5. The van der Waals surface area contributed by atoms with Crippen LogP contribution < -0.4 is 0 Å². The fourth-order valence-corrected chi connectivity index (χ4v) is 2.79. The summed E-state index contributed by atoms with van der Waals surface area (Å²) in [4.78, 5) is 13.6. The maximum absolute atomic E-state index is 11.4. The van der Waals surface area contributed by atoms with E-state index in [1.54, 1.807) is 7.11 Å². The molecule has 3 unspecified atom stereocenters. The van der Waals surface area contributed by atoms with Crippen molar-refractivity contribution in [3.05, 3.63) is 0 Å². The molecule has 2 heterocycles. The molecule has 14 heavy (non-hydrogen) atoms. The molecule has 3 atom stereocenters. The van der Waals surface area contributed by atoms with Crippen LogP contribution in [0.25, 0.3) is 0 Å². The van der Waals surface area contributed by atoms with Gasteiger partial charge in [0.05, 0.1) is 12.7 Å². The van der Waals surface area contributed by atoms with E-state index in [0.717, 1.165) is 6.42 Å². The molecule has 0 aromatic carbocycles. The number of hydrogen-bond acceptors (Lipinski definition) is 4. The monoisotopic (exact) mass is 199 g/mol. The summed E-state index contributed by atoms with van der Waals surface area (Å²) < 4.78 is 5.37. The molecule has 80 valence electrons. The van der Waals surface area contributed by atoms with Crippen LogP contribution in [0, 0.1) is 0 Å². The first-order valence-corrected chi connectivity index (χ1v) is 5.17. The zero-order valence-corrected chi connectivity index (χ0v) is 8.48. The smallest absolute Gasteiger partial charge is 0.136 e. The molecule has 1 N–H and O–H groups in total. The normalized spacial score (nSPS) is 37.9. The van der Waals surface area contributed by atoms with E-state index >= 15 is 0 Å². The van der Waals surface area contributed by atoms with E-state index in [1.165, 1.54) is 0 Å². The van der Waals surface area contributed by atoms with Crippen LogP contribution in [0.2, 0.25) is 0 Å². The minimum absolute atomic E-state index is 0.164. The second kappa shape index (κ2) is 3.96. The minimum Gasteiger partial charge on any atom is -0.395 e. The second-order valence-electron chi connectivity index (χ2n) is 4.14. The Kier molecular flexibility index (Phi) is 2.85. The molecule has 2 aliphatic heterocycles. The van der Waals surface area contributed by atoms with Gasteiger partial charge in [0, 0.05) is 38.6 Å². The Bertz CT molecular complexity index is 231. The number of nitrogens with zero attached hydrogens (tertiary/aromatic N) is 1. The van der Waals surface area contributed by atoms with Gasteiger partial charge < -0.3 is 9.84 Å². The van der Waals surface area contributed by atoms with Crippen LogP contribution in [-0.4, -0.2) is 54.2 Å². The molecule has 4 heteroatoms. The molecule has 0 radical (unpaired) electrons. The first-order chi connectivity index (χ1) is 6.76. The van der Waals surface area contributed by atoms with Gasteiger partial charge >= 0.3 is 0 Å². The van der Waals surface area contributed by atoms with E-state index in [2.05, 4.69) is 4.90 Å². The first-order valence-electron chi connectivity index (χ1n) is 5.17. The standard InChI is InChI=1S/C10H17NO3/c1-14-10-5-7-4-8(13)6-9(10)11(7)2-3-12/h7,9-10,12H,2-6H2,1H3. The summed E-state index contributed by atoms with van der Waals surface area (Å²) in [5, 5.41) is 8.94. The Morgan fingerprint density at radius 2 is 2.36 bits per heavy atom.